The summed E-state index contributed by atoms with van der Waals surface area (Å²) in [5.41, 5.74) is 0. The number of nitrogens with zero attached hydrogens (tertiary/aromatic N) is 2. The van der Waals surface area contributed by atoms with Crippen molar-refractivity contribution in [1.29, 1.82) is 5.26 Å². The summed E-state index contributed by atoms with van der Waals surface area (Å²) in [6.07, 6.45) is 1.41. The zero-order valence-electron chi connectivity index (χ0n) is 6.21. The Morgan fingerprint density at radius 2 is 2.00 bits per heavy atom. The highest BCUT2D eigenvalue weighted by Gasteiger charge is 2.13. The lowest BCUT2D eigenvalue weighted by Gasteiger charge is -2.11. The van der Waals surface area contributed by atoms with Crippen LogP contribution in [0.3, 0.4) is 0 Å². The summed E-state index contributed by atoms with van der Waals surface area (Å²) in [4.78, 5) is 22.1. The lowest BCUT2D eigenvalue weighted by atomic mass is 10.7. The second kappa shape index (κ2) is 4.11. The predicted octanol–water partition coefficient (Wildman–Crippen LogP) is -0.552. The Kier molecular flexibility index (Phi) is 3.45. The average molecular weight is 156 g/mol. The van der Waals surface area contributed by atoms with Crippen molar-refractivity contribution in [3.63, 3.8) is 0 Å². The fourth-order valence-corrected chi connectivity index (χ4v) is 0.392. The second-order valence-electron chi connectivity index (χ2n) is 1.66. The van der Waals surface area contributed by atoms with Gasteiger partial charge in [-0.2, -0.15) is 5.26 Å². The van der Waals surface area contributed by atoms with Crippen LogP contribution in [-0.2, 0) is 0 Å². The summed E-state index contributed by atoms with van der Waals surface area (Å²) in [5.74, 6) is 0. The summed E-state index contributed by atoms with van der Waals surface area (Å²) in [5, 5.41) is 12.0. The Morgan fingerprint density at radius 1 is 1.45 bits per heavy atom. The van der Waals surface area contributed by atoms with E-state index in [-0.39, 0.29) is 0 Å². The van der Waals surface area contributed by atoms with Crippen molar-refractivity contribution in [2.24, 2.45) is 0 Å². The molecule has 0 atom stereocenters. The maximum absolute atomic E-state index is 10.7. The zero-order chi connectivity index (χ0) is 8.85. The average Bonchev–Trinajstić information content (AvgIpc) is 2.02. The number of imide groups is 1. The van der Waals surface area contributed by atoms with Gasteiger partial charge in [-0.3, -0.25) is 0 Å². The smallest absolute Gasteiger partial charge is 0.338 e. The first-order chi connectivity index (χ1) is 5.13. The molecule has 0 bridgehead atoms. The third-order valence-electron chi connectivity index (χ3n) is 0.986. The van der Waals surface area contributed by atoms with Gasteiger partial charge in [0.15, 0.2) is 6.19 Å². The van der Waals surface area contributed by atoms with Crippen LogP contribution in [0.1, 0.15) is 0 Å². The molecule has 2 N–H and O–H groups in total. The van der Waals surface area contributed by atoms with Crippen LogP contribution in [0.2, 0.25) is 0 Å². The van der Waals surface area contributed by atoms with Crippen LogP contribution in [0, 0.1) is 11.5 Å². The molecule has 11 heavy (non-hydrogen) atoms. The molecule has 0 aromatic heterocycles. The van der Waals surface area contributed by atoms with E-state index < -0.39 is 12.1 Å². The molecule has 0 saturated heterocycles. The first-order valence-electron chi connectivity index (χ1n) is 2.78. The fraction of sp³-hybridized carbons (Fsp3) is 0.400. The number of nitriles is 1. The molecule has 6 heteroatoms. The van der Waals surface area contributed by atoms with E-state index in [9.17, 15) is 9.59 Å². The van der Waals surface area contributed by atoms with Gasteiger partial charge in [0.05, 0.1) is 0 Å². The van der Waals surface area contributed by atoms with Crippen molar-refractivity contribution in [2.75, 3.05) is 14.1 Å². The van der Waals surface area contributed by atoms with E-state index >= 15 is 0 Å². The molecule has 0 aliphatic carbocycles. The number of carbonyl (C=O) groups excluding carboxylic acids is 2. The molecule has 0 unspecified atom stereocenters. The maximum atomic E-state index is 10.7. The Labute approximate surface area is 63.8 Å². The molecule has 6 nitrogen and oxygen atoms in total. The van der Waals surface area contributed by atoms with E-state index in [0.29, 0.717) is 0 Å². The monoisotopic (exact) mass is 156 g/mol. The van der Waals surface area contributed by atoms with Crippen LogP contribution < -0.4 is 10.6 Å². The summed E-state index contributed by atoms with van der Waals surface area (Å²) < 4.78 is 0. The van der Waals surface area contributed by atoms with Gasteiger partial charge in [0.2, 0.25) is 0 Å². The van der Waals surface area contributed by atoms with Gasteiger partial charge < -0.3 is 5.32 Å². The van der Waals surface area contributed by atoms with E-state index in [1.54, 1.807) is 5.32 Å². The van der Waals surface area contributed by atoms with E-state index in [0.717, 1.165) is 4.90 Å². The molecule has 0 rings (SSSR count). The molecular formula is C5H8N4O2. The van der Waals surface area contributed by atoms with E-state index in [2.05, 4.69) is 5.32 Å². The van der Waals surface area contributed by atoms with E-state index in [1.807, 2.05) is 0 Å². The molecule has 0 saturated carbocycles. The number of carbonyl (C=O) groups is 2. The Bertz CT molecular complexity index is 207. The molecule has 0 radical (unpaired) electrons. The minimum Gasteiger partial charge on any atom is -0.341 e. The van der Waals surface area contributed by atoms with Gasteiger partial charge in [-0.1, -0.05) is 0 Å². The topological polar surface area (TPSA) is 85.2 Å². The van der Waals surface area contributed by atoms with Gasteiger partial charge in [-0.15, -0.1) is 0 Å². The highest BCUT2D eigenvalue weighted by Crippen LogP contribution is 1.82. The standard InChI is InChI=1S/C5H8N4O2/c1-7-4(10)9(2)5(11)8-3-6/h1-2H3,(H,7,10)(H,8,11). The Morgan fingerprint density at radius 3 is 2.36 bits per heavy atom. The molecule has 0 aromatic rings. The molecule has 0 spiro atoms. The molecule has 4 amide bonds. The first-order valence-corrected chi connectivity index (χ1v) is 2.78. The minimum atomic E-state index is -0.758. The summed E-state index contributed by atoms with van der Waals surface area (Å²) >= 11 is 0. The third kappa shape index (κ3) is 2.53. The van der Waals surface area contributed by atoms with Crippen LogP contribution in [0.4, 0.5) is 9.59 Å². The van der Waals surface area contributed by atoms with Crippen LogP contribution >= 0.6 is 0 Å². The van der Waals surface area contributed by atoms with Crippen LogP contribution in [0.5, 0.6) is 0 Å². The summed E-state index contributed by atoms with van der Waals surface area (Å²) in [6, 6.07) is -1.33. The van der Waals surface area contributed by atoms with Gasteiger partial charge in [-0.25, -0.2) is 19.8 Å². The lowest BCUT2D eigenvalue weighted by molar-refractivity contribution is 0.198. The third-order valence-corrected chi connectivity index (χ3v) is 0.986. The minimum absolute atomic E-state index is 0.572. The van der Waals surface area contributed by atoms with Gasteiger partial charge in [0.25, 0.3) is 0 Å². The molecule has 0 aromatic carbocycles. The highest BCUT2D eigenvalue weighted by molar-refractivity contribution is 5.93. The SMILES string of the molecule is CNC(=O)N(C)C(=O)NC#N. The number of amides is 4. The number of nitrogens with one attached hydrogen (secondary N) is 2. The molecule has 0 heterocycles. The van der Waals surface area contributed by atoms with Gasteiger partial charge in [-0.05, 0) is 0 Å². The second-order valence-corrected chi connectivity index (χ2v) is 1.66. The molecular weight excluding hydrogens is 148 g/mol. The summed E-state index contributed by atoms with van der Waals surface area (Å²) in [7, 11) is 2.64. The molecule has 0 aliphatic heterocycles. The van der Waals surface area contributed by atoms with Crippen LogP contribution in [-0.4, -0.2) is 31.1 Å². The summed E-state index contributed by atoms with van der Waals surface area (Å²) in [6.45, 7) is 0. The molecule has 0 fully saturated rings. The normalized spacial score (nSPS) is 7.73. The maximum Gasteiger partial charge on any atom is 0.338 e. The van der Waals surface area contributed by atoms with Gasteiger partial charge in [0, 0.05) is 14.1 Å². The van der Waals surface area contributed by atoms with Crippen molar-refractivity contribution >= 4 is 12.1 Å². The van der Waals surface area contributed by atoms with E-state index in [1.165, 1.54) is 20.3 Å². The van der Waals surface area contributed by atoms with Gasteiger partial charge >= 0.3 is 12.1 Å². The highest BCUT2D eigenvalue weighted by atomic mass is 16.2. The lowest BCUT2D eigenvalue weighted by Crippen LogP contribution is -2.43. The first kappa shape index (κ1) is 9.23. The number of urea groups is 2. The fourth-order valence-electron chi connectivity index (χ4n) is 0.392. The number of rotatable bonds is 0. The quantitative estimate of drug-likeness (QED) is 0.364. The Hall–Kier alpha value is -1.77. The van der Waals surface area contributed by atoms with Gasteiger partial charge in [0.1, 0.15) is 0 Å². The number of hydrogen-bond acceptors (Lipinski definition) is 3. The number of hydrogen-bond donors (Lipinski definition) is 2. The van der Waals surface area contributed by atoms with E-state index in [4.69, 9.17) is 5.26 Å². The largest absolute Gasteiger partial charge is 0.341 e. The zero-order valence-corrected chi connectivity index (χ0v) is 6.21. The van der Waals surface area contributed by atoms with Crippen molar-refractivity contribution in [2.45, 2.75) is 0 Å². The molecule has 0 aliphatic rings. The Balaban J connectivity index is 4.04. The van der Waals surface area contributed by atoms with Crippen molar-refractivity contribution < 1.29 is 9.59 Å². The van der Waals surface area contributed by atoms with Crippen molar-refractivity contribution in [3.05, 3.63) is 0 Å². The predicted molar refractivity (Wildman–Crippen MR) is 36.4 cm³/mol. The van der Waals surface area contributed by atoms with Crippen molar-refractivity contribution in [3.8, 4) is 6.19 Å². The van der Waals surface area contributed by atoms with Crippen LogP contribution in [0.15, 0.2) is 0 Å². The van der Waals surface area contributed by atoms with Crippen molar-refractivity contribution in [1.82, 2.24) is 15.5 Å². The molecule has 60 valence electrons. The van der Waals surface area contributed by atoms with Crippen LogP contribution in [0.25, 0.3) is 0 Å².